The standard InChI is InChI=1S/C10H10N2O2/c1-3-7(2)12-8-5-4-6-11-9(8)10(13)14/h1,4-7,12H,2H3,(H,13,14). The van der Waals surface area contributed by atoms with Crippen molar-refractivity contribution >= 4 is 11.7 Å². The van der Waals surface area contributed by atoms with Crippen LogP contribution in [0.15, 0.2) is 18.3 Å². The van der Waals surface area contributed by atoms with Gasteiger partial charge in [0.2, 0.25) is 0 Å². The summed E-state index contributed by atoms with van der Waals surface area (Å²) < 4.78 is 0. The van der Waals surface area contributed by atoms with Gasteiger partial charge in [0.05, 0.1) is 11.7 Å². The molecule has 0 bridgehead atoms. The summed E-state index contributed by atoms with van der Waals surface area (Å²) in [4.78, 5) is 14.5. The first-order chi connectivity index (χ1) is 6.65. The Labute approximate surface area is 82.0 Å². The summed E-state index contributed by atoms with van der Waals surface area (Å²) in [6.07, 6.45) is 6.59. The van der Waals surface area contributed by atoms with Crippen LogP contribution >= 0.6 is 0 Å². The highest BCUT2D eigenvalue weighted by atomic mass is 16.4. The summed E-state index contributed by atoms with van der Waals surface area (Å²) in [6.45, 7) is 1.76. The quantitative estimate of drug-likeness (QED) is 0.703. The van der Waals surface area contributed by atoms with E-state index >= 15 is 0 Å². The number of carboxylic acid groups (broad SMARTS) is 1. The normalized spacial score (nSPS) is 11.4. The number of aromatic nitrogens is 1. The summed E-state index contributed by atoms with van der Waals surface area (Å²) in [6, 6.07) is 3.06. The van der Waals surface area contributed by atoms with E-state index in [9.17, 15) is 4.79 Å². The van der Waals surface area contributed by atoms with Crippen LogP contribution in [0, 0.1) is 12.3 Å². The Morgan fingerprint density at radius 1 is 1.79 bits per heavy atom. The summed E-state index contributed by atoms with van der Waals surface area (Å²) >= 11 is 0. The summed E-state index contributed by atoms with van der Waals surface area (Å²) in [5, 5.41) is 11.7. The van der Waals surface area contributed by atoms with Crippen LogP contribution in [0.4, 0.5) is 5.69 Å². The molecule has 0 aromatic carbocycles. The molecule has 1 aromatic rings. The maximum atomic E-state index is 10.7. The number of hydrogen-bond acceptors (Lipinski definition) is 3. The number of hydrogen-bond donors (Lipinski definition) is 2. The summed E-state index contributed by atoms with van der Waals surface area (Å²) in [5.41, 5.74) is 0.417. The van der Waals surface area contributed by atoms with E-state index in [4.69, 9.17) is 11.5 Å². The van der Waals surface area contributed by atoms with E-state index in [1.807, 2.05) is 0 Å². The van der Waals surface area contributed by atoms with E-state index in [-0.39, 0.29) is 11.7 Å². The predicted octanol–water partition coefficient (Wildman–Crippen LogP) is 1.21. The maximum Gasteiger partial charge on any atom is 0.356 e. The molecule has 0 fully saturated rings. The maximum absolute atomic E-state index is 10.7. The first-order valence-corrected chi connectivity index (χ1v) is 4.06. The second-order valence-corrected chi connectivity index (χ2v) is 2.74. The van der Waals surface area contributed by atoms with Crippen molar-refractivity contribution in [1.29, 1.82) is 0 Å². The van der Waals surface area contributed by atoms with Crippen molar-refractivity contribution in [3.8, 4) is 12.3 Å². The predicted molar refractivity (Wildman–Crippen MR) is 53.1 cm³/mol. The number of carboxylic acids is 1. The molecule has 0 radical (unpaired) electrons. The lowest BCUT2D eigenvalue weighted by Gasteiger charge is -2.10. The molecule has 0 aliphatic rings. The van der Waals surface area contributed by atoms with Crippen molar-refractivity contribution in [2.75, 3.05) is 5.32 Å². The summed E-state index contributed by atoms with van der Waals surface area (Å²) in [5.74, 6) is 1.38. The van der Waals surface area contributed by atoms with Crippen molar-refractivity contribution in [3.63, 3.8) is 0 Å². The van der Waals surface area contributed by atoms with Gasteiger partial charge in [0.15, 0.2) is 5.69 Å². The third-order valence-corrected chi connectivity index (χ3v) is 1.63. The number of rotatable bonds is 3. The third kappa shape index (κ3) is 2.23. The fourth-order valence-electron chi connectivity index (χ4n) is 0.967. The molecule has 0 saturated carbocycles. The van der Waals surface area contributed by atoms with E-state index in [0.29, 0.717) is 5.69 Å². The van der Waals surface area contributed by atoms with Crippen molar-refractivity contribution < 1.29 is 9.90 Å². The molecule has 2 N–H and O–H groups in total. The van der Waals surface area contributed by atoms with Gasteiger partial charge in [0.25, 0.3) is 0 Å². The van der Waals surface area contributed by atoms with Crippen molar-refractivity contribution in [1.82, 2.24) is 4.98 Å². The van der Waals surface area contributed by atoms with Gasteiger partial charge in [-0.05, 0) is 19.1 Å². The van der Waals surface area contributed by atoms with Crippen LogP contribution in [0.1, 0.15) is 17.4 Å². The number of anilines is 1. The Morgan fingerprint density at radius 2 is 2.50 bits per heavy atom. The second-order valence-electron chi connectivity index (χ2n) is 2.74. The average Bonchev–Trinajstić information content (AvgIpc) is 2.18. The van der Waals surface area contributed by atoms with Gasteiger partial charge < -0.3 is 10.4 Å². The molecule has 1 atom stereocenters. The SMILES string of the molecule is C#CC(C)Nc1cccnc1C(=O)O. The lowest BCUT2D eigenvalue weighted by Crippen LogP contribution is -2.15. The molecule has 0 saturated heterocycles. The number of pyridine rings is 1. The molecule has 4 heteroatoms. The molecule has 0 aliphatic carbocycles. The van der Waals surface area contributed by atoms with Gasteiger partial charge in [0.1, 0.15) is 0 Å². The molecule has 0 aliphatic heterocycles. The van der Waals surface area contributed by atoms with Crippen LogP contribution in [-0.2, 0) is 0 Å². The minimum atomic E-state index is -1.07. The lowest BCUT2D eigenvalue weighted by atomic mass is 10.2. The highest BCUT2D eigenvalue weighted by Crippen LogP contribution is 2.12. The van der Waals surface area contributed by atoms with E-state index in [0.717, 1.165) is 0 Å². The zero-order valence-electron chi connectivity index (χ0n) is 7.69. The largest absolute Gasteiger partial charge is 0.476 e. The molecule has 1 rings (SSSR count). The van der Waals surface area contributed by atoms with Gasteiger partial charge in [-0.1, -0.05) is 5.92 Å². The highest BCUT2D eigenvalue weighted by molar-refractivity contribution is 5.91. The number of nitrogens with one attached hydrogen (secondary N) is 1. The topological polar surface area (TPSA) is 62.2 Å². The lowest BCUT2D eigenvalue weighted by molar-refractivity contribution is 0.0691. The Balaban J connectivity index is 2.97. The van der Waals surface area contributed by atoms with E-state index < -0.39 is 5.97 Å². The van der Waals surface area contributed by atoms with Crippen molar-refractivity contribution in [2.24, 2.45) is 0 Å². The van der Waals surface area contributed by atoms with E-state index in [1.54, 1.807) is 19.1 Å². The molecular formula is C10H10N2O2. The van der Waals surface area contributed by atoms with Gasteiger partial charge in [0, 0.05) is 6.20 Å². The highest BCUT2D eigenvalue weighted by Gasteiger charge is 2.11. The third-order valence-electron chi connectivity index (χ3n) is 1.63. The fraction of sp³-hybridized carbons (Fsp3) is 0.200. The number of aromatic carboxylic acids is 1. The van der Waals surface area contributed by atoms with Crippen LogP contribution in [0.25, 0.3) is 0 Å². The van der Waals surface area contributed by atoms with Gasteiger partial charge in [-0.25, -0.2) is 9.78 Å². The number of terminal acetylenes is 1. The minimum absolute atomic E-state index is 0.0189. The first-order valence-electron chi connectivity index (χ1n) is 4.06. The van der Waals surface area contributed by atoms with Crippen LogP contribution < -0.4 is 5.32 Å². The van der Waals surface area contributed by atoms with Gasteiger partial charge >= 0.3 is 5.97 Å². The minimum Gasteiger partial charge on any atom is -0.476 e. The van der Waals surface area contributed by atoms with Crippen molar-refractivity contribution in [3.05, 3.63) is 24.0 Å². The molecule has 1 aromatic heterocycles. The molecule has 4 nitrogen and oxygen atoms in total. The van der Waals surface area contributed by atoms with E-state index in [1.165, 1.54) is 6.20 Å². The zero-order valence-corrected chi connectivity index (χ0v) is 7.69. The Bertz CT molecular complexity index is 382. The monoisotopic (exact) mass is 190 g/mol. The Hall–Kier alpha value is -2.02. The Morgan fingerprint density at radius 3 is 3.07 bits per heavy atom. The molecule has 1 unspecified atom stereocenters. The molecule has 14 heavy (non-hydrogen) atoms. The van der Waals surface area contributed by atoms with Gasteiger partial charge in [-0.15, -0.1) is 6.42 Å². The van der Waals surface area contributed by atoms with Gasteiger partial charge in [-0.3, -0.25) is 0 Å². The second kappa shape index (κ2) is 4.28. The van der Waals surface area contributed by atoms with Gasteiger partial charge in [-0.2, -0.15) is 0 Å². The van der Waals surface area contributed by atoms with E-state index in [2.05, 4.69) is 16.2 Å². The molecule has 1 heterocycles. The van der Waals surface area contributed by atoms with Crippen LogP contribution in [0.5, 0.6) is 0 Å². The molecular weight excluding hydrogens is 180 g/mol. The Kier molecular flexibility index (Phi) is 3.08. The fourth-order valence-corrected chi connectivity index (χ4v) is 0.967. The molecule has 0 amide bonds. The first kappa shape index (κ1) is 10.1. The average molecular weight is 190 g/mol. The summed E-state index contributed by atoms with van der Waals surface area (Å²) in [7, 11) is 0. The van der Waals surface area contributed by atoms with Crippen LogP contribution in [-0.4, -0.2) is 22.1 Å². The zero-order chi connectivity index (χ0) is 10.6. The number of nitrogens with zero attached hydrogens (tertiary/aromatic N) is 1. The van der Waals surface area contributed by atoms with Crippen LogP contribution in [0.2, 0.25) is 0 Å². The molecule has 0 spiro atoms. The smallest absolute Gasteiger partial charge is 0.356 e. The van der Waals surface area contributed by atoms with Crippen molar-refractivity contribution in [2.45, 2.75) is 13.0 Å². The molecule has 72 valence electrons. The number of carbonyl (C=O) groups is 1. The van der Waals surface area contributed by atoms with Crippen LogP contribution in [0.3, 0.4) is 0 Å².